The van der Waals surface area contributed by atoms with Gasteiger partial charge >= 0.3 is 11.0 Å². The van der Waals surface area contributed by atoms with E-state index in [1.165, 1.54) is 64.5 Å². The molecule has 2 aliphatic carbocycles. The van der Waals surface area contributed by atoms with Crippen LogP contribution in [0.5, 0.6) is 0 Å². The zero-order valence-electron chi connectivity index (χ0n) is 22.0. The maximum atomic E-state index is 13.4. The number of para-hydroxylation sites is 1. The third kappa shape index (κ3) is 4.75. The first-order valence-electron chi connectivity index (χ1n) is 13.4. The molecule has 4 nitrogen and oxygen atoms in total. The highest BCUT2D eigenvalue weighted by atomic mass is 32.2. The van der Waals surface area contributed by atoms with Crippen LogP contribution in [0.1, 0.15) is 67.5 Å². The summed E-state index contributed by atoms with van der Waals surface area (Å²) in [5.74, 6) is 1.10. The molecule has 2 bridgehead atoms. The zero-order chi connectivity index (χ0) is 27.7. The van der Waals surface area contributed by atoms with Gasteiger partial charge in [0.1, 0.15) is 6.54 Å². The number of hydrogen-bond acceptors (Lipinski definition) is 4. The fourth-order valence-corrected chi connectivity index (χ4v) is 9.97. The predicted octanol–water partition coefficient (Wildman–Crippen LogP) is 7.52. The summed E-state index contributed by atoms with van der Waals surface area (Å²) < 4.78 is 41.8. The number of thiazole rings is 1. The van der Waals surface area contributed by atoms with Gasteiger partial charge in [0, 0.05) is 16.0 Å². The van der Waals surface area contributed by atoms with Gasteiger partial charge in [-0.25, -0.2) is 0 Å². The number of anilines is 1. The molecule has 2 heterocycles. The summed E-state index contributed by atoms with van der Waals surface area (Å²) in [5, 5.41) is 3.58. The van der Waals surface area contributed by atoms with Crippen molar-refractivity contribution in [3.8, 4) is 0 Å². The SMILES string of the molecule is CC(C)(C)c1ccc([C@H]2c3sc(=O)n(CC(=O)Nc4ccccc4C(F)(F)F)c3SC3C4CCC(C4)C32)cc1. The molecular formula is C30H31F3N2O2S2. The van der Waals surface area contributed by atoms with E-state index in [9.17, 15) is 22.8 Å². The number of carbonyl (C=O) groups is 1. The molecule has 1 N–H and O–H groups in total. The molecule has 3 aliphatic rings. The van der Waals surface area contributed by atoms with E-state index in [0.29, 0.717) is 23.0 Å². The highest BCUT2D eigenvalue weighted by molar-refractivity contribution is 8.00. The number of halogens is 3. The fourth-order valence-electron chi connectivity index (χ4n) is 6.82. The van der Waals surface area contributed by atoms with Crippen LogP contribution in [-0.4, -0.2) is 15.7 Å². The molecule has 0 spiro atoms. The molecule has 3 aromatic rings. The monoisotopic (exact) mass is 572 g/mol. The van der Waals surface area contributed by atoms with Crippen LogP contribution in [0.15, 0.2) is 58.4 Å². The van der Waals surface area contributed by atoms with Gasteiger partial charge in [0.15, 0.2) is 0 Å². The van der Waals surface area contributed by atoms with E-state index in [1.807, 2.05) is 0 Å². The van der Waals surface area contributed by atoms with Crippen LogP contribution < -0.4 is 10.2 Å². The second-order valence-electron chi connectivity index (χ2n) is 12.1. The van der Waals surface area contributed by atoms with Gasteiger partial charge in [-0.15, -0.1) is 11.8 Å². The van der Waals surface area contributed by atoms with E-state index in [4.69, 9.17) is 0 Å². The maximum absolute atomic E-state index is 13.4. The van der Waals surface area contributed by atoms with Crippen LogP contribution in [0.2, 0.25) is 0 Å². The van der Waals surface area contributed by atoms with E-state index >= 15 is 0 Å². The molecule has 9 heteroatoms. The molecule has 1 aromatic heterocycles. The number of aromatic nitrogens is 1. The van der Waals surface area contributed by atoms with Gasteiger partial charge in [-0.3, -0.25) is 14.2 Å². The van der Waals surface area contributed by atoms with Crippen molar-refractivity contribution in [3.63, 3.8) is 0 Å². The summed E-state index contributed by atoms with van der Waals surface area (Å²) >= 11 is 2.90. The molecule has 39 heavy (non-hydrogen) atoms. The third-order valence-corrected chi connectivity index (χ3v) is 11.5. The molecule has 206 valence electrons. The second-order valence-corrected chi connectivity index (χ2v) is 14.2. The minimum absolute atomic E-state index is 0.0350. The Morgan fingerprint density at radius 3 is 2.41 bits per heavy atom. The smallest absolute Gasteiger partial charge is 0.324 e. The second kappa shape index (κ2) is 9.54. The quantitative estimate of drug-likeness (QED) is 0.352. The van der Waals surface area contributed by atoms with Crippen LogP contribution in [-0.2, 0) is 22.9 Å². The number of nitrogens with zero attached hydrogens (tertiary/aromatic N) is 1. The normalized spacial score (nSPS) is 25.8. The van der Waals surface area contributed by atoms with Gasteiger partial charge in [-0.2, -0.15) is 13.2 Å². The molecule has 2 saturated carbocycles. The highest BCUT2D eigenvalue weighted by Crippen LogP contribution is 2.64. The highest BCUT2D eigenvalue weighted by Gasteiger charge is 2.55. The van der Waals surface area contributed by atoms with Crippen molar-refractivity contribution in [1.29, 1.82) is 0 Å². The minimum atomic E-state index is -4.59. The van der Waals surface area contributed by atoms with Crippen LogP contribution in [0.4, 0.5) is 18.9 Å². The molecule has 1 aliphatic heterocycles. The summed E-state index contributed by atoms with van der Waals surface area (Å²) in [6.07, 6.45) is -0.987. The van der Waals surface area contributed by atoms with Crippen molar-refractivity contribution in [2.45, 2.75) is 74.4 Å². The largest absolute Gasteiger partial charge is 0.418 e. The number of amides is 1. The molecule has 6 rings (SSSR count). The predicted molar refractivity (Wildman–Crippen MR) is 150 cm³/mol. The van der Waals surface area contributed by atoms with E-state index < -0.39 is 17.6 Å². The Balaban J connectivity index is 1.35. The van der Waals surface area contributed by atoms with Gasteiger partial charge in [-0.05, 0) is 65.7 Å². The van der Waals surface area contributed by atoms with Crippen LogP contribution >= 0.6 is 23.1 Å². The fraction of sp³-hybridized carbons (Fsp3) is 0.467. The number of fused-ring (bicyclic) bond motifs is 6. The Hall–Kier alpha value is -2.52. The van der Waals surface area contributed by atoms with Crippen molar-refractivity contribution < 1.29 is 18.0 Å². The average Bonchev–Trinajstić information content (AvgIpc) is 3.56. The van der Waals surface area contributed by atoms with Crippen LogP contribution in [0.3, 0.4) is 0 Å². The van der Waals surface area contributed by atoms with E-state index in [1.54, 1.807) is 11.8 Å². The Morgan fingerprint density at radius 2 is 1.72 bits per heavy atom. The Bertz CT molecular complexity index is 1470. The molecule has 0 radical (unpaired) electrons. The summed E-state index contributed by atoms with van der Waals surface area (Å²) in [4.78, 5) is 27.0. The first-order chi connectivity index (χ1) is 18.4. The Labute approximate surface area is 234 Å². The summed E-state index contributed by atoms with van der Waals surface area (Å²) in [6.45, 7) is 6.25. The standard InChI is InChI=1S/C30H31F3N2O2S2/c1-29(2,3)19-12-10-16(11-13-19)23-24-17-8-9-18(14-17)25(24)38-27-26(23)39-28(37)35(27)15-22(36)34-21-7-5-4-6-20(21)30(31,32)33/h4-7,10-13,17-18,23-25H,8-9,14-15H2,1-3H3,(H,34,36)/t17?,18?,23-,24?,25?/m1/s1. The summed E-state index contributed by atoms with van der Waals surface area (Å²) in [5.41, 5.74) is 1.28. The van der Waals surface area contributed by atoms with E-state index in [2.05, 4.69) is 50.4 Å². The van der Waals surface area contributed by atoms with Crippen molar-refractivity contribution in [1.82, 2.24) is 4.57 Å². The lowest BCUT2D eigenvalue weighted by molar-refractivity contribution is -0.137. The lowest BCUT2D eigenvalue weighted by Crippen LogP contribution is -2.35. The average molecular weight is 573 g/mol. The molecule has 4 unspecified atom stereocenters. The summed E-state index contributed by atoms with van der Waals surface area (Å²) in [7, 11) is 0. The number of nitrogens with one attached hydrogen (secondary N) is 1. The van der Waals surface area contributed by atoms with Crippen LogP contribution in [0.25, 0.3) is 0 Å². The third-order valence-electron chi connectivity index (χ3n) is 8.63. The van der Waals surface area contributed by atoms with Crippen molar-refractivity contribution in [2.75, 3.05) is 5.32 Å². The zero-order valence-corrected chi connectivity index (χ0v) is 23.7. The van der Waals surface area contributed by atoms with Crippen molar-refractivity contribution in [2.24, 2.45) is 17.8 Å². The molecule has 5 atom stereocenters. The van der Waals surface area contributed by atoms with E-state index in [0.717, 1.165) is 16.0 Å². The Morgan fingerprint density at radius 1 is 1.03 bits per heavy atom. The molecular weight excluding hydrogens is 541 g/mol. The van der Waals surface area contributed by atoms with Gasteiger partial charge < -0.3 is 5.32 Å². The number of alkyl halides is 3. The first kappa shape index (κ1) is 26.7. The topological polar surface area (TPSA) is 51.1 Å². The first-order valence-corrected chi connectivity index (χ1v) is 15.1. The molecule has 2 fully saturated rings. The van der Waals surface area contributed by atoms with Crippen molar-refractivity contribution in [3.05, 3.63) is 79.8 Å². The van der Waals surface area contributed by atoms with Crippen molar-refractivity contribution >= 4 is 34.7 Å². The minimum Gasteiger partial charge on any atom is -0.324 e. The van der Waals surface area contributed by atoms with Gasteiger partial charge in [0.25, 0.3) is 0 Å². The lowest BCUT2D eigenvalue weighted by Gasteiger charge is -2.40. The summed E-state index contributed by atoms with van der Waals surface area (Å²) in [6, 6.07) is 13.7. The van der Waals surface area contributed by atoms with Gasteiger partial charge in [-0.1, -0.05) is 68.5 Å². The molecule has 0 saturated heterocycles. The van der Waals surface area contributed by atoms with Gasteiger partial charge in [0.2, 0.25) is 5.91 Å². The maximum Gasteiger partial charge on any atom is 0.418 e. The van der Waals surface area contributed by atoms with E-state index in [-0.39, 0.29) is 28.4 Å². The lowest BCUT2D eigenvalue weighted by atomic mass is 9.74. The van der Waals surface area contributed by atoms with Gasteiger partial charge in [0.05, 0.1) is 16.3 Å². The number of rotatable bonds is 4. The molecule has 1 amide bonds. The number of carbonyl (C=O) groups excluding carboxylic acids is 1. The van der Waals surface area contributed by atoms with Crippen LogP contribution in [0, 0.1) is 17.8 Å². The number of hydrogen-bond donors (Lipinski definition) is 1. The molecule has 2 aromatic carbocycles. The number of thioether (sulfide) groups is 1. The Kier molecular flexibility index (Phi) is 6.53. The number of benzene rings is 2.